The number of carboxylic acid groups (broad SMARTS) is 1. The molecular formula is C22H23NO2. The van der Waals surface area contributed by atoms with Gasteiger partial charge in [-0.3, -0.25) is 4.79 Å². The average Bonchev–Trinajstić information content (AvgIpc) is 3.31. The first-order chi connectivity index (χ1) is 12.1. The summed E-state index contributed by atoms with van der Waals surface area (Å²) in [5.74, 6) is -0.643. The van der Waals surface area contributed by atoms with Crippen LogP contribution in [0.25, 0.3) is 5.57 Å². The standard InChI is InChI=1S/C22H23NO2/c1-22(21(24)25)19(17-5-3-2-4-6-17)20(22)18-9-7-15(8-10-18)16-11-13-23-14-12-16/h2-11,19-20,23H,12-14H2,1H3,(H,24,25). The van der Waals surface area contributed by atoms with E-state index < -0.39 is 11.4 Å². The lowest BCUT2D eigenvalue weighted by Gasteiger charge is -2.14. The van der Waals surface area contributed by atoms with E-state index in [0.717, 1.165) is 30.6 Å². The Balaban J connectivity index is 1.64. The largest absolute Gasteiger partial charge is 0.481 e. The fraction of sp³-hybridized carbons (Fsp3) is 0.318. The van der Waals surface area contributed by atoms with Gasteiger partial charge in [0.15, 0.2) is 0 Å². The van der Waals surface area contributed by atoms with Crippen LogP contribution in [0.4, 0.5) is 0 Å². The number of benzene rings is 2. The SMILES string of the molecule is CC1(C(=O)O)C(c2ccccc2)C1c1ccc(C2=CCNCC2)cc1. The molecule has 25 heavy (non-hydrogen) atoms. The van der Waals surface area contributed by atoms with Gasteiger partial charge in [-0.15, -0.1) is 0 Å². The van der Waals surface area contributed by atoms with E-state index in [1.807, 2.05) is 37.3 Å². The molecule has 2 N–H and O–H groups in total. The highest BCUT2D eigenvalue weighted by Crippen LogP contribution is 2.70. The predicted molar refractivity (Wildman–Crippen MR) is 99.6 cm³/mol. The van der Waals surface area contributed by atoms with Crippen molar-refractivity contribution in [3.63, 3.8) is 0 Å². The summed E-state index contributed by atoms with van der Waals surface area (Å²) >= 11 is 0. The molecule has 0 saturated heterocycles. The molecule has 1 fully saturated rings. The molecule has 1 aliphatic heterocycles. The molecule has 2 aromatic rings. The Bertz CT molecular complexity index is 810. The fourth-order valence-electron chi connectivity index (χ4n) is 4.31. The molecule has 1 aliphatic carbocycles. The third-order valence-electron chi connectivity index (χ3n) is 5.84. The molecule has 1 saturated carbocycles. The van der Waals surface area contributed by atoms with Crippen LogP contribution in [0.15, 0.2) is 60.7 Å². The van der Waals surface area contributed by atoms with E-state index in [9.17, 15) is 9.90 Å². The van der Waals surface area contributed by atoms with Gasteiger partial charge in [0.05, 0.1) is 5.41 Å². The number of carbonyl (C=O) groups is 1. The summed E-state index contributed by atoms with van der Waals surface area (Å²) in [6.07, 6.45) is 3.28. The molecule has 0 aromatic heterocycles. The second-order valence-electron chi connectivity index (χ2n) is 7.26. The lowest BCUT2D eigenvalue weighted by Crippen LogP contribution is -2.20. The maximum Gasteiger partial charge on any atom is 0.310 e. The van der Waals surface area contributed by atoms with Crippen LogP contribution in [-0.2, 0) is 4.79 Å². The zero-order chi connectivity index (χ0) is 17.4. The van der Waals surface area contributed by atoms with Crippen molar-refractivity contribution in [2.24, 2.45) is 5.41 Å². The summed E-state index contributed by atoms with van der Waals surface area (Å²) in [7, 11) is 0. The molecule has 3 heteroatoms. The Morgan fingerprint density at radius 1 is 1.04 bits per heavy atom. The number of rotatable bonds is 4. The van der Waals surface area contributed by atoms with Gasteiger partial charge in [-0.2, -0.15) is 0 Å². The van der Waals surface area contributed by atoms with Crippen molar-refractivity contribution >= 4 is 11.5 Å². The molecule has 3 unspecified atom stereocenters. The Hall–Kier alpha value is -2.39. The van der Waals surface area contributed by atoms with E-state index in [4.69, 9.17) is 0 Å². The minimum absolute atomic E-state index is 0.0310. The number of aliphatic carboxylic acids is 1. The van der Waals surface area contributed by atoms with Crippen LogP contribution in [0.1, 0.15) is 41.9 Å². The molecule has 0 spiro atoms. The van der Waals surface area contributed by atoms with Gasteiger partial charge in [0.25, 0.3) is 0 Å². The topological polar surface area (TPSA) is 49.3 Å². The number of hydrogen-bond acceptors (Lipinski definition) is 2. The van der Waals surface area contributed by atoms with E-state index in [0.29, 0.717) is 0 Å². The van der Waals surface area contributed by atoms with Crippen molar-refractivity contribution < 1.29 is 9.90 Å². The van der Waals surface area contributed by atoms with Gasteiger partial charge >= 0.3 is 5.97 Å². The van der Waals surface area contributed by atoms with Crippen LogP contribution in [0, 0.1) is 5.41 Å². The first-order valence-corrected chi connectivity index (χ1v) is 8.91. The van der Waals surface area contributed by atoms with Crippen LogP contribution in [0.3, 0.4) is 0 Å². The van der Waals surface area contributed by atoms with Crippen molar-refractivity contribution in [3.05, 3.63) is 77.4 Å². The maximum absolute atomic E-state index is 11.9. The summed E-state index contributed by atoms with van der Waals surface area (Å²) in [5, 5.41) is 13.1. The zero-order valence-corrected chi connectivity index (χ0v) is 14.4. The molecule has 0 bridgehead atoms. The average molecular weight is 333 g/mol. The van der Waals surface area contributed by atoms with Gasteiger partial charge in [-0.05, 0) is 42.2 Å². The van der Waals surface area contributed by atoms with Gasteiger partial charge < -0.3 is 10.4 Å². The molecule has 2 aliphatic rings. The molecular weight excluding hydrogens is 310 g/mol. The van der Waals surface area contributed by atoms with E-state index in [1.54, 1.807) is 0 Å². The van der Waals surface area contributed by atoms with Crippen LogP contribution in [0.5, 0.6) is 0 Å². The molecule has 2 aromatic carbocycles. The minimum Gasteiger partial charge on any atom is -0.481 e. The van der Waals surface area contributed by atoms with Crippen molar-refractivity contribution in [2.45, 2.75) is 25.2 Å². The maximum atomic E-state index is 11.9. The molecule has 3 atom stereocenters. The lowest BCUT2D eigenvalue weighted by atomic mass is 9.96. The summed E-state index contributed by atoms with van der Waals surface area (Å²) < 4.78 is 0. The van der Waals surface area contributed by atoms with Gasteiger partial charge in [0, 0.05) is 18.4 Å². The summed E-state index contributed by atoms with van der Waals surface area (Å²) in [6.45, 7) is 3.82. The fourth-order valence-corrected chi connectivity index (χ4v) is 4.31. The van der Waals surface area contributed by atoms with Crippen LogP contribution >= 0.6 is 0 Å². The zero-order valence-electron chi connectivity index (χ0n) is 14.4. The van der Waals surface area contributed by atoms with E-state index in [-0.39, 0.29) is 11.8 Å². The second kappa shape index (κ2) is 6.16. The number of hydrogen-bond donors (Lipinski definition) is 2. The molecule has 0 amide bonds. The predicted octanol–water partition coefficient (Wildman–Crippen LogP) is 4.04. The van der Waals surface area contributed by atoms with E-state index in [1.165, 1.54) is 11.1 Å². The minimum atomic E-state index is -0.725. The van der Waals surface area contributed by atoms with Crippen LogP contribution in [0.2, 0.25) is 0 Å². The van der Waals surface area contributed by atoms with E-state index >= 15 is 0 Å². The molecule has 128 valence electrons. The normalized spacial score (nSPS) is 28.3. The number of carboxylic acids is 1. The Kier molecular flexibility index (Phi) is 3.97. The summed E-state index contributed by atoms with van der Waals surface area (Å²) in [5.41, 5.74) is 4.14. The van der Waals surface area contributed by atoms with Gasteiger partial charge in [0.2, 0.25) is 0 Å². The first kappa shape index (κ1) is 16.1. The van der Waals surface area contributed by atoms with Gasteiger partial charge in [-0.25, -0.2) is 0 Å². The smallest absolute Gasteiger partial charge is 0.310 e. The monoisotopic (exact) mass is 333 g/mol. The van der Waals surface area contributed by atoms with E-state index in [2.05, 4.69) is 35.7 Å². The van der Waals surface area contributed by atoms with Crippen LogP contribution < -0.4 is 5.32 Å². The highest BCUT2D eigenvalue weighted by molar-refractivity contribution is 5.83. The number of nitrogens with one attached hydrogen (secondary N) is 1. The van der Waals surface area contributed by atoms with Gasteiger partial charge in [0.1, 0.15) is 0 Å². The molecule has 4 rings (SSSR count). The third-order valence-corrected chi connectivity index (χ3v) is 5.84. The van der Waals surface area contributed by atoms with Gasteiger partial charge in [-0.1, -0.05) is 60.7 Å². The lowest BCUT2D eigenvalue weighted by molar-refractivity contribution is -0.143. The Morgan fingerprint density at radius 2 is 1.68 bits per heavy atom. The third kappa shape index (κ3) is 2.69. The highest BCUT2D eigenvalue weighted by atomic mass is 16.4. The van der Waals surface area contributed by atoms with Crippen molar-refractivity contribution in [3.8, 4) is 0 Å². The highest BCUT2D eigenvalue weighted by Gasteiger charge is 2.67. The first-order valence-electron chi connectivity index (χ1n) is 8.91. The molecule has 1 heterocycles. The van der Waals surface area contributed by atoms with Crippen molar-refractivity contribution in [1.29, 1.82) is 0 Å². The van der Waals surface area contributed by atoms with Crippen molar-refractivity contribution in [1.82, 2.24) is 5.32 Å². The second-order valence-corrected chi connectivity index (χ2v) is 7.26. The quantitative estimate of drug-likeness (QED) is 0.888. The summed E-state index contributed by atoms with van der Waals surface area (Å²) in [4.78, 5) is 11.9. The Morgan fingerprint density at radius 3 is 2.24 bits per heavy atom. The summed E-state index contributed by atoms with van der Waals surface area (Å²) in [6, 6.07) is 18.6. The van der Waals surface area contributed by atoms with Crippen LogP contribution in [-0.4, -0.2) is 24.2 Å². The Labute approximate surface area is 148 Å². The molecule has 3 nitrogen and oxygen atoms in total. The van der Waals surface area contributed by atoms with Crippen molar-refractivity contribution in [2.75, 3.05) is 13.1 Å². The molecule has 0 radical (unpaired) electrons.